The molecule has 1 rings (SSSR count). The average molecular weight is 272 g/mol. The van der Waals surface area contributed by atoms with Crippen molar-refractivity contribution in [3.8, 4) is 0 Å². The Kier molecular flexibility index (Phi) is 7.34. The SMILES string of the molecule is CC(C)CC(CN)NC(=O)C(C)OCC1CCCO1. The molecule has 1 amide bonds. The van der Waals surface area contributed by atoms with Crippen LogP contribution in [0.1, 0.15) is 40.0 Å². The van der Waals surface area contributed by atoms with Gasteiger partial charge in [0.15, 0.2) is 0 Å². The molecule has 1 heterocycles. The molecule has 19 heavy (non-hydrogen) atoms. The van der Waals surface area contributed by atoms with Gasteiger partial charge in [0.2, 0.25) is 5.91 Å². The third-order valence-corrected chi connectivity index (χ3v) is 3.31. The third-order valence-electron chi connectivity index (χ3n) is 3.31. The van der Waals surface area contributed by atoms with Crippen LogP contribution < -0.4 is 11.1 Å². The fourth-order valence-electron chi connectivity index (χ4n) is 2.20. The molecule has 0 aliphatic carbocycles. The first-order valence-corrected chi connectivity index (χ1v) is 7.26. The summed E-state index contributed by atoms with van der Waals surface area (Å²) in [4.78, 5) is 12.0. The van der Waals surface area contributed by atoms with E-state index in [9.17, 15) is 4.79 Å². The first-order valence-electron chi connectivity index (χ1n) is 7.26. The maximum absolute atomic E-state index is 12.0. The van der Waals surface area contributed by atoms with Gasteiger partial charge < -0.3 is 20.5 Å². The van der Waals surface area contributed by atoms with Gasteiger partial charge in [0.25, 0.3) is 0 Å². The second-order valence-electron chi connectivity index (χ2n) is 5.68. The van der Waals surface area contributed by atoms with Crippen LogP contribution in [0.4, 0.5) is 0 Å². The lowest BCUT2D eigenvalue weighted by Gasteiger charge is -2.22. The highest BCUT2D eigenvalue weighted by Crippen LogP contribution is 2.13. The lowest BCUT2D eigenvalue weighted by Crippen LogP contribution is -2.45. The number of amides is 1. The van der Waals surface area contributed by atoms with Crippen molar-refractivity contribution in [1.82, 2.24) is 5.32 Å². The maximum Gasteiger partial charge on any atom is 0.249 e. The third kappa shape index (κ3) is 6.36. The summed E-state index contributed by atoms with van der Waals surface area (Å²) in [5, 5.41) is 2.94. The molecule has 112 valence electrons. The molecule has 1 aliphatic rings. The summed E-state index contributed by atoms with van der Waals surface area (Å²) in [5.74, 6) is 0.422. The molecule has 0 radical (unpaired) electrons. The van der Waals surface area contributed by atoms with E-state index >= 15 is 0 Å². The van der Waals surface area contributed by atoms with Crippen LogP contribution in [0, 0.1) is 5.92 Å². The van der Waals surface area contributed by atoms with E-state index in [2.05, 4.69) is 19.2 Å². The standard InChI is InChI=1S/C14H28N2O3/c1-10(2)7-12(8-15)16-14(17)11(3)19-9-13-5-4-6-18-13/h10-13H,4-9,15H2,1-3H3,(H,16,17). The predicted molar refractivity (Wildman–Crippen MR) is 74.8 cm³/mol. The Hall–Kier alpha value is -0.650. The Morgan fingerprint density at radius 3 is 2.74 bits per heavy atom. The van der Waals surface area contributed by atoms with E-state index in [-0.39, 0.29) is 18.1 Å². The topological polar surface area (TPSA) is 73.6 Å². The zero-order chi connectivity index (χ0) is 14.3. The van der Waals surface area contributed by atoms with Gasteiger partial charge in [0.1, 0.15) is 6.10 Å². The molecule has 0 aromatic heterocycles. The van der Waals surface area contributed by atoms with Crippen LogP contribution in [0.3, 0.4) is 0 Å². The highest BCUT2D eigenvalue weighted by atomic mass is 16.5. The molecule has 3 N–H and O–H groups in total. The van der Waals surface area contributed by atoms with Gasteiger partial charge in [-0.15, -0.1) is 0 Å². The molecule has 5 heteroatoms. The van der Waals surface area contributed by atoms with E-state index in [1.54, 1.807) is 6.92 Å². The fraction of sp³-hybridized carbons (Fsp3) is 0.929. The Morgan fingerprint density at radius 1 is 1.47 bits per heavy atom. The molecule has 5 nitrogen and oxygen atoms in total. The van der Waals surface area contributed by atoms with Crippen molar-refractivity contribution in [2.24, 2.45) is 11.7 Å². The molecular formula is C14H28N2O3. The van der Waals surface area contributed by atoms with Gasteiger partial charge in [-0.2, -0.15) is 0 Å². The molecule has 1 saturated heterocycles. The van der Waals surface area contributed by atoms with E-state index in [4.69, 9.17) is 15.2 Å². The minimum absolute atomic E-state index is 0.0290. The van der Waals surface area contributed by atoms with Crippen molar-refractivity contribution in [2.45, 2.75) is 58.3 Å². The number of nitrogens with two attached hydrogens (primary N) is 1. The highest BCUT2D eigenvalue weighted by molar-refractivity contribution is 5.80. The molecule has 1 aliphatic heterocycles. The molecule has 0 bridgehead atoms. The van der Waals surface area contributed by atoms with Crippen LogP contribution in [0.25, 0.3) is 0 Å². The van der Waals surface area contributed by atoms with Gasteiger partial charge in [-0.05, 0) is 32.1 Å². The molecule has 0 spiro atoms. The Labute approximate surface area is 116 Å². The van der Waals surface area contributed by atoms with Gasteiger partial charge >= 0.3 is 0 Å². The average Bonchev–Trinajstić information content (AvgIpc) is 2.87. The molecule has 1 fully saturated rings. The molecule has 0 saturated carbocycles. The second kappa shape index (κ2) is 8.51. The van der Waals surface area contributed by atoms with E-state index in [0.29, 0.717) is 19.1 Å². The summed E-state index contributed by atoms with van der Waals surface area (Å²) in [7, 11) is 0. The summed E-state index contributed by atoms with van der Waals surface area (Å²) in [5.41, 5.74) is 5.67. The van der Waals surface area contributed by atoms with Gasteiger partial charge in [-0.25, -0.2) is 0 Å². The first kappa shape index (κ1) is 16.4. The minimum atomic E-state index is -0.453. The maximum atomic E-state index is 12.0. The minimum Gasteiger partial charge on any atom is -0.376 e. The number of hydrogen-bond acceptors (Lipinski definition) is 4. The first-order chi connectivity index (χ1) is 9.02. The van der Waals surface area contributed by atoms with Crippen LogP contribution >= 0.6 is 0 Å². The van der Waals surface area contributed by atoms with E-state index in [1.165, 1.54) is 0 Å². The Morgan fingerprint density at radius 2 is 2.21 bits per heavy atom. The van der Waals surface area contributed by atoms with Crippen molar-refractivity contribution in [3.63, 3.8) is 0 Å². The van der Waals surface area contributed by atoms with Crippen molar-refractivity contribution in [3.05, 3.63) is 0 Å². The number of carbonyl (C=O) groups excluding carboxylic acids is 1. The van der Waals surface area contributed by atoms with E-state index < -0.39 is 6.10 Å². The number of ether oxygens (including phenoxy) is 2. The molecule has 3 unspecified atom stereocenters. The van der Waals surface area contributed by atoms with Gasteiger partial charge in [-0.1, -0.05) is 13.8 Å². The summed E-state index contributed by atoms with van der Waals surface area (Å²) in [6.45, 7) is 7.76. The highest BCUT2D eigenvalue weighted by Gasteiger charge is 2.21. The predicted octanol–water partition coefficient (Wildman–Crippen LogP) is 1.06. The zero-order valence-electron chi connectivity index (χ0n) is 12.4. The van der Waals surface area contributed by atoms with Gasteiger partial charge in [-0.3, -0.25) is 4.79 Å². The number of hydrogen-bond donors (Lipinski definition) is 2. The summed E-state index contributed by atoms with van der Waals surface area (Å²) >= 11 is 0. The smallest absolute Gasteiger partial charge is 0.249 e. The molecule has 0 aromatic carbocycles. The van der Waals surface area contributed by atoms with Gasteiger partial charge in [0.05, 0.1) is 12.7 Å². The summed E-state index contributed by atoms with van der Waals surface area (Å²) in [6, 6.07) is 0.0290. The Bertz CT molecular complexity index is 265. The lowest BCUT2D eigenvalue weighted by molar-refractivity contribution is -0.134. The number of nitrogens with one attached hydrogen (secondary N) is 1. The van der Waals surface area contributed by atoms with Crippen LogP contribution in [0.2, 0.25) is 0 Å². The van der Waals surface area contributed by atoms with Crippen LogP contribution in [0.15, 0.2) is 0 Å². The number of carbonyl (C=O) groups is 1. The molecule has 3 atom stereocenters. The van der Waals surface area contributed by atoms with Crippen LogP contribution in [0.5, 0.6) is 0 Å². The van der Waals surface area contributed by atoms with Crippen LogP contribution in [-0.2, 0) is 14.3 Å². The van der Waals surface area contributed by atoms with Crippen molar-refractivity contribution < 1.29 is 14.3 Å². The van der Waals surface area contributed by atoms with Crippen LogP contribution in [-0.4, -0.2) is 43.9 Å². The molecular weight excluding hydrogens is 244 g/mol. The zero-order valence-corrected chi connectivity index (χ0v) is 12.4. The second-order valence-corrected chi connectivity index (χ2v) is 5.68. The van der Waals surface area contributed by atoms with E-state index in [1.807, 2.05) is 0 Å². The largest absolute Gasteiger partial charge is 0.376 e. The van der Waals surface area contributed by atoms with Crippen molar-refractivity contribution in [1.29, 1.82) is 0 Å². The normalized spacial score (nSPS) is 22.5. The summed E-state index contributed by atoms with van der Waals surface area (Å²) < 4.78 is 11.0. The molecule has 0 aromatic rings. The van der Waals surface area contributed by atoms with Crippen molar-refractivity contribution >= 4 is 5.91 Å². The van der Waals surface area contributed by atoms with Gasteiger partial charge in [0, 0.05) is 19.2 Å². The van der Waals surface area contributed by atoms with Crippen molar-refractivity contribution in [2.75, 3.05) is 19.8 Å². The lowest BCUT2D eigenvalue weighted by atomic mass is 10.0. The quantitative estimate of drug-likeness (QED) is 0.693. The summed E-state index contributed by atoms with van der Waals surface area (Å²) in [6.07, 6.45) is 2.69. The van der Waals surface area contributed by atoms with E-state index in [0.717, 1.165) is 25.9 Å². The Balaban J connectivity index is 2.25. The fourth-order valence-corrected chi connectivity index (χ4v) is 2.20. The number of rotatable bonds is 8. The monoisotopic (exact) mass is 272 g/mol.